The van der Waals surface area contributed by atoms with Crippen LogP contribution in [0.2, 0.25) is 25.1 Å². The average Bonchev–Trinajstić information content (AvgIpc) is 2.40. The Morgan fingerprint density at radius 1 is 1.05 bits per heavy atom. The van der Waals surface area contributed by atoms with E-state index in [-0.39, 0.29) is 43.4 Å². The molecule has 0 aliphatic rings. The van der Waals surface area contributed by atoms with E-state index in [1.807, 2.05) is 0 Å². The first-order chi connectivity index (χ1) is 8.90. The van der Waals surface area contributed by atoms with Gasteiger partial charge in [-0.3, -0.25) is 4.79 Å². The van der Waals surface area contributed by atoms with Crippen LogP contribution in [0.4, 0.5) is 0 Å². The Labute approximate surface area is 135 Å². The summed E-state index contributed by atoms with van der Waals surface area (Å²) >= 11 is 29.4. The number of carbonyl (C=O) groups is 1. The molecule has 1 amide bonds. The number of hydrogen-bond acceptors (Lipinski definition) is 2. The fraction of sp³-hybridized carbons (Fsp3) is 0.182. The summed E-state index contributed by atoms with van der Waals surface area (Å²) in [7, 11) is 0. The molecule has 0 aromatic heterocycles. The van der Waals surface area contributed by atoms with Crippen LogP contribution < -0.4 is 10.1 Å². The van der Waals surface area contributed by atoms with Crippen molar-refractivity contribution in [2.75, 3.05) is 13.2 Å². The van der Waals surface area contributed by atoms with Crippen LogP contribution >= 0.6 is 58.0 Å². The maximum Gasteiger partial charge on any atom is 0.258 e. The molecule has 0 unspecified atom stereocenters. The number of carbonyl (C=O) groups excluding carboxylic acids is 1. The largest absolute Gasteiger partial charge is 0.481 e. The minimum Gasteiger partial charge on any atom is -0.481 e. The van der Waals surface area contributed by atoms with Gasteiger partial charge in [-0.1, -0.05) is 64.1 Å². The summed E-state index contributed by atoms with van der Waals surface area (Å²) < 4.78 is 5.21. The number of nitrogens with one attached hydrogen (secondary N) is 1. The summed E-state index contributed by atoms with van der Waals surface area (Å²) in [6.07, 6.45) is 1.54. The molecule has 1 rings (SSSR count). The fourth-order valence-corrected chi connectivity index (χ4v) is 2.32. The van der Waals surface area contributed by atoms with E-state index >= 15 is 0 Å². The van der Waals surface area contributed by atoms with Crippen LogP contribution in [0.15, 0.2) is 12.7 Å². The van der Waals surface area contributed by atoms with Crippen molar-refractivity contribution in [2.24, 2.45) is 0 Å². The summed E-state index contributed by atoms with van der Waals surface area (Å²) in [6.45, 7) is 3.50. The lowest BCUT2D eigenvalue weighted by atomic mass is 10.3. The third-order valence-corrected chi connectivity index (χ3v) is 4.20. The first-order valence-electron chi connectivity index (χ1n) is 4.92. The second-order valence-electron chi connectivity index (χ2n) is 3.28. The summed E-state index contributed by atoms with van der Waals surface area (Å²) in [5.41, 5.74) is 0. The molecule has 0 fully saturated rings. The zero-order valence-corrected chi connectivity index (χ0v) is 13.2. The van der Waals surface area contributed by atoms with Crippen molar-refractivity contribution in [3.63, 3.8) is 0 Å². The topological polar surface area (TPSA) is 38.3 Å². The first-order valence-corrected chi connectivity index (χ1v) is 6.81. The lowest BCUT2D eigenvalue weighted by Crippen LogP contribution is -2.28. The van der Waals surface area contributed by atoms with Gasteiger partial charge < -0.3 is 10.1 Å². The van der Waals surface area contributed by atoms with Gasteiger partial charge in [0.15, 0.2) is 12.4 Å². The lowest BCUT2D eigenvalue weighted by Gasteiger charge is -2.13. The van der Waals surface area contributed by atoms with Crippen molar-refractivity contribution in [1.29, 1.82) is 0 Å². The molecule has 0 saturated carbocycles. The molecule has 19 heavy (non-hydrogen) atoms. The van der Waals surface area contributed by atoms with Crippen molar-refractivity contribution in [1.82, 2.24) is 5.32 Å². The minimum atomic E-state index is -0.366. The van der Waals surface area contributed by atoms with Gasteiger partial charge in [-0.05, 0) is 0 Å². The fourth-order valence-electron chi connectivity index (χ4n) is 1.09. The predicted molar refractivity (Wildman–Crippen MR) is 80.2 cm³/mol. The number of rotatable bonds is 5. The number of ether oxygens (including phenoxy) is 1. The van der Waals surface area contributed by atoms with Gasteiger partial charge >= 0.3 is 0 Å². The Hall–Kier alpha value is -0.320. The van der Waals surface area contributed by atoms with E-state index in [2.05, 4.69) is 11.9 Å². The molecule has 1 aromatic carbocycles. The van der Waals surface area contributed by atoms with Gasteiger partial charge in [0.1, 0.15) is 10.0 Å². The average molecular weight is 363 g/mol. The standard InChI is InChI=1S/C11H8Cl5NO2/c1-2-3-17-5(18)4-19-11-9(15)7(13)6(12)8(14)10(11)16/h2H,1,3-4H2,(H,17,18). The van der Waals surface area contributed by atoms with Crippen LogP contribution in [0.25, 0.3) is 0 Å². The van der Waals surface area contributed by atoms with Gasteiger partial charge in [0.05, 0.1) is 15.1 Å². The second kappa shape index (κ2) is 7.46. The van der Waals surface area contributed by atoms with Gasteiger partial charge in [-0.2, -0.15) is 0 Å². The van der Waals surface area contributed by atoms with Crippen molar-refractivity contribution >= 4 is 63.9 Å². The van der Waals surface area contributed by atoms with E-state index in [1.165, 1.54) is 6.08 Å². The van der Waals surface area contributed by atoms with Crippen LogP contribution in [0.3, 0.4) is 0 Å². The molecule has 0 spiro atoms. The van der Waals surface area contributed by atoms with Gasteiger partial charge in [0, 0.05) is 6.54 Å². The van der Waals surface area contributed by atoms with Gasteiger partial charge in [0.25, 0.3) is 5.91 Å². The van der Waals surface area contributed by atoms with Crippen LogP contribution in [-0.2, 0) is 4.79 Å². The Morgan fingerprint density at radius 2 is 1.53 bits per heavy atom. The molecule has 0 aliphatic carbocycles. The summed E-state index contributed by atoms with van der Waals surface area (Å²) in [6, 6.07) is 0. The monoisotopic (exact) mass is 361 g/mol. The van der Waals surface area contributed by atoms with Crippen molar-refractivity contribution in [3.8, 4) is 5.75 Å². The van der Waals surface area contributed by atoms with Crippen LogP contribution in [0.5, 0.6) is 5.75 Å². The number of hydrogen-bond donors (Lipinski definition) is 1. The molecule has 8 heteroatoms. The van der Waals surface area contributed by atoms with E-state index in [0.29, 0.717) is 6.54 Å². The molecule has 0 radical (unpaired) electrons. The van der Waals surface area contributed by atoms with E-state index in [0.717, 1.165) is 0 Å². The lowest BCUT2D eigenvalue weighted by molar-refractivity contribution is -0.122. The second-order valence-corrected chi connectivity index (χ2v) is 5.17. The highest BCUT2D eigenvalue weighted by Crippen LogP contribution is 2.48. The molecule has 0 atom stereocenters. The molecule has 0 heterocycles. The zero-order valence-electron chi connectivity index (χ0n) is 9.40. The third kappa shape index (κ3) is 4.07. The van der Waals surface area contributed by atoms with Gasteiger partial charge in [-0.15, -0.1) is 6.58 Å². The molecule has 104 valence electrons. The molecule has 0 aliphatic heterocycles. The molecule has 1 aromatic rings. The highest BCUT2D eigenvalue weighted by molar-refractivity contribution is 6.55. The first kappa shape index (κ1) is 16.7. The Morgan fingerprint density at radius 3 is 2.00 bits per heavy atom. The summed E-state index contributed by atoms with van der Waals surface area (Å²) in [5.74, 6) is -0.356. The Balaban J connectivity index is 2.90. The molecular weight excluding hydrogens is 355 g/mol. The van der Waals surface area contributed by atoms with E-state index in [9.17, 15) is 4.79 Å². The predicted octanol–water partition coefficient (Wildman–Crippen LogP) is 4.63. The minimum absolute atomic E-state index is 0.00223. The quantitative estimate of drug-likeness (QED) is 0.470. The van der Waals surface area contributed by atoms with Gasteiger partial charge in [0.2, 0.25) is 0 Å². The van der Waals surface area contributed by atoms with Crippen LogP contribution in [0.1, 0.15) is 0 Å². The van der Waals surface area contributed by atoms with E-state index < -0.39 is 0 Å². The molecule has 1 N–H and O–H groups in total. The highest BCUT2D eigenvalue weighted by atomic mass is 35.5. The summed E-state index contributed by atoms with van der Waals surface area (Å²) in [4.78, 5) is 11.4. The van der Waals surface area contributed by atoms with Crippen LogP contribution in [0, 0.1) is 0 Å². The normalized spacial score (nSPS) is 10.2. The molecule has 0 bridgehead atoms. The smallest absolute Gasteiger partial charge is 0.258 e. The molecule has 0 saturated heterocycles. The SMILES string of the molecule is C=CCNC(=O)COc1c(Cl)c(Cl)c(Cl)c(Cl)c1Cl. The highest BCUT2D eigenvalue weighted by Gasteiger charge is 2.21. The third-order valence-electron chi connectivity index (χ3n) is 1.96. The number of benzene rings is 1. The molecule has 3 nitrogen and oxygen atoms in total. The maximum atomic E-state index is 11.4. The van der Waals surface area contributed by atoms with E-state index in [1.54, 1.807) is 0 Å². The maximum absolute atomic E-state index is 11.4. The Kier molecular flexibility index (Phi) is 6.57. The Bertz CT molecular complexity index is 489. The van der Waals surface area contributed by atoms with Crippen molar-refractivity contribution in [2.45, 2.75) is 0 Å². The van der Waals surface area contributed by atoms with Gasteiger partial charge in [-0.25, -0.2) is 0 Å². The molecular formula is C11H8Cl5NO2. The number of amides is 1. The van der Waals surface area contributed by atoms with E-state index in [4.69, 9.17) is 62.7 Å². The van der Waals surface area contributed by atoms with Crippen LogP contribution in [-0.4, -0.2) is 19.1 Å². The van der Waals surface area contributed by atoms with Crippen molar-refractivity contribution < 1.29 is 9.53 Å². The number of halogens is 5. The van der Waals surface area contributed by atoms with Crippen molar-refractivity contribution in [3.05, 3.63) is 37.8 Å². The summed E-state index contributed by atoms with van der Waals surface area (Å²) in [5, 5.41) is 2.57. The zero-order chi connectivity index (χ0) is 14.6.